The summed E-state index contributed by atoms with van der Waals surface area (Å²) >= 11 is 0. The molecule has 1 aromatic heterocycles. The number of aromatic nitrogens is 1. The van der Waals surface area contributed by atoms with Crippen LogP contribution in [0.2, 0.25) is 0 Å². The highest BCUT2D eigenvalue weighted by Gasteiger charge is 2.36. The summed E-state index contributed by atoms with van der Waals surface area (Å²) in [6, 6.07) is 9.95. The molecule has 0 spiro atoms. The lowest BCUT2D eigenvalue weighted by Gasteiger charge is -2.32. The van der Waals surface area contributed by atoms with Crippen LogP contribution in [0.5, 0.6) is 5.75 Å². The molecule has 1 amide bonds. The normalized spacial score (nSPS) is 15.0. The number of benzene rings is 1. The number of amides is 1. The third-order valence-electron chi connectivity index (χ3n) is 5.29. The van der Waals surface area contributed by atoms with Gasteiger partial charge in [0.15, 0.2) is 0 Å². The highest BCUT2D eigenvalue weighted by molar-refractivity contribution is 7.89. The van der Waals surface area contributed by atoms with Crippen molar-refractivity contribution in [2.45, 2.75) is 23.9 Å². The number of sulfonamides is 1. The van der Waals surface area contributed by atoms with Gasteiger partial charge in [-0.3, -0.25) is 19.9 Å². The molecule has 1 atom stereocenters. The summed E-state index contributed by atoms with van der Waals surface area (Å²) in [6.45, 7) is 2.89. The third-order valence-corrected chi connectivity index (χ3v) is 7.16. The smallest absolute Gasteiger partial charge is 0.261 e. The van der Waals surface area contributed by atoms with E-state index in [-0.39, 0.29) is 42.7 Å². The van der Waals surface area contributed by atoms with Crippen LogP contribution in [0.25, 0.3) is 0 Å². The van der Waals surface area contributed by atoms with Crippen molar-refractivity contribution in [3.8, 4) is 5.75 Å². The van der Waals surface area contributed by atoms with E-state index < -0.39 is 22.0 Å². The van der Waals surface area contributed by atoms with Gasteiger partial charge in [0.25, 0.3) is 5.91 Å². The van der Waals surface area contributed by atoms with Crippen LogP contribution < -0.4 is 10.2 Å². The molecule has 1 aliphatic heterocycles. The number of rotatable bonds is 10. The van der Waals surface area contributed by atoms with Gasteiger partial charge in [0.1, 0.15) is 11.8 Å². The van der Waals surface area contributed by atoms with Gasteiger partial charge in [-0.15, -0.1) is 24.8 Å². The van der Waals surface area contributed by atoms with Gasteiger partial charge < -0.3 is 9.47 Å². The zero-order valence-corrected chi connectivity index (χ0v) is 21.2. The molecule has 2 aromatic rings. The van der Waals surface area contributed by atoms with E-state index in [9.17, 15) is 18.4 Å². The molecule has 1 fully saturated rings. The minimum absolute atomic E-state index is 0. The van der Waals surface area contributed by atoms with E-state index in [0.29, 0.717) is 44.3 Å². The van der Waals surface area contributed by atoms with Gasteiger partial charge in [-0.25, -0.2) is 13.9 Å². The van der Waals surface area contributed by atoms with Crippen molar-refractivity contribution in [1.82, 2.24) is 19.7 Å². The summed E-state index contributed by atoms with van der Waals surface area (Å²) < 4.78 is 38.8. The largest absolute Gasteiger partial charge is 0.497 e. The lowest BCUT2D eigenvalue weighted by Crippen LogP contribution is -2.50. The van der Waals surface area contributed by atoms with Crippen molar-refractivity contribution in [1.29, 1.82) is 0 Å². The molecular formula is C21H30Cl2N4O6S. The summed E-state index contributed by atoms with van der Waals surface area (Å²) in [5, 5.41) is 9.37. The number of carbonyl (C=O) groups excluding carboxylic acids is 1. The molecule has 13 heteroatoms. The number of ether oxygens (including phenoxy) is 2. The van der Waals surface area contributed by atoms with Crippen LogP contribution >= 0.6 is 24.8 Å². The monoisotopic (exact) mass is 536 g/mol. The molecule has 2 N–H and O–H groups in total. The minimum Gasteiger partial charge on any atom is -0.497 e. The Morgan fingerprint density at radius 1 is 1.21 bits per heavy atom. The Bertz CT molecular complexity index is 977. The first-order valence-electron chi connectivity index (χ1n) is 10.3. The Kier molecular flexibility index (Phi) is 12.7. The number of halogens is 2. The average Bonchev–Trinajstić information content (AvgIpc) is 2.84. The number of morpholine rings is 1. The SMILES string of the molecule is COc1ccc(S(=O)(=O)N(Cc2ccccn2)C(CCN2CCOCC2)C(=O)NO)cc1.Cl.Cl. The second-order valence-electron chi connectivity index (χ2n) is 7.28. The predicted octanol–water partition coefficient (Wildman–Crippen LogP) is 1.72. The second-order valence-corrected chi connectivity index (χ2v) is 9.17. The third kappa shape index (κ3) is 7.77. The Hall–Kier alpha value is -1.99. The van der Waals surface area contributed by atoms with Crippen LogP contribution in [-0.4, -0.2) is 79.7 Å². The molecule has 3 rings (SSSR count). The van der Waals surface area contributed by atoms with E-state index in [2.05, 4.69) is 9.88 Å². The summed E-state index contributed by atoms with van der Waals surface area (Å²) in [6.07, 6.45) is 1.75. The number of hydrogen-bond donors (Lipinski definition) is 2. The Morgan fingerprint density at radius 2 is 1.88 bits per heavy atom. The number of carbonyl (C=O) groups is 1. The fourth-order valence-electron chi connectivity index (χ4n) is 3.51. The highest BCUT2D eigenvalue weighted by atomic mass is 35.5. The molecule has 10 nitrogen and oxygen atoms in total. The van der Waals surface area contributed by atoms with Crippen LogP contribution in [0.1, 0.15) is 12.1 Å². The van der Waals surface area contributed by atoms with Crippen LogP contribution in [0.3, 0.4) is 0 Å². The van der Waals surface area contributed by atoms with Gasteiger partial charge >= 0.3 is 0 Å². The molecule has 1 unspecified atom stereocenters. The first-order valence-corrected chi connectivity index (χ1v) is 11.7. The van der Waals surface area contributed by atoms with Gasteiger partial charge in [0, 0.05) is 25.8 Å². The molecule has 0 radical (unpaired) electrons. The number of nitrogens with zero attached hydrogens (tertiary/aromatic N) is 3. The lowest BCUT2D eigenvalue weighted by molar-refractivity contribution is -0.133. The zero-order chi connectivity index (χ0) is 23.0. The van der Waals surface area contributed by atoms with Crippen molar-refractivity contribution in [3.05, 3.63) is 54.4 Å². The van der Waals surface area contributed by atoms with Crippen LogP contribution in [-0.2, 0) is 26.1 Å². The number of methoxy groups -OCH3 is 1. The maximum atomic E-state index is 13.6. The van der Waals surface area contributed by atoms with Crippen LogP contribution in [0.4, 0.5) is 0 Å². The Balaban J connectivity index is 0.00000289. The first-order chi connectivity index (χ1) is 15.5. The second kappa shape index (κ2) is 14.4. The minimum atomic E-state index is -4.11. The van der Waals surface area contributed by atoms with Gasteiger partial charge in [0.05, 0.1) is 37.5 Å². The number of hydroxylamine groups is 1. The average molecular weight is 537 g/mol. The van der Waals surface area contributed by atoms with Crippen molar-refractivity contribution >= 4 is 40.7 Å². The van der Waals surface area contributed by atoms with Crippen molar-refractivity contribution in [2.75, 3.05) is 40.0 Å². The zero-order valence-electron chi connectivity index (χ0n) is 18.7. The Morgan fingerprint density at radius 3 is 2.44 bits per heavy atom. The summed E-state index contributed by atoms with van der Waals surface area (Å²) in [5.74, 6) is -0.288. The highest BCUT2D eigenvalue weighted by Crippen LogP contribution is 2.24. The van der Waals surface area contributed by atoms with E-state index in [0.717, 1.165) is 4.31 Å². The summed E-state index contributed by atoms with van der Waals surface area (Å²) in [5.41, 5.74) is 2.11. The molecule has 1 saturated heterocycles. The maximum absolute atomic E-state index is 13.6. The van der Waals surface area contributed by atoms with E-state index in [1.54, 1.807) is 42.0 Å². The number of hydrogen-bond acceptors (Lipinski definition) is 8. The quantitative estimate of drug-likeness (QED) is 0.347. The first kappa shape index (κ1) is 30.0. The van der Waals surface area contributed by atoms with E-state index in [1.165, 1.54) is 19.2 Å². The number of pyridine rings is 1. The molecule has 2 heterocycles. The molecule has 0 aliphatic carbocycles. The van der Waals surface area contributed by atoms with Gasteiger partial charge in [-0.2, -0.15) is 4.31 Å². The van der Waals surface area contributed by atoms with Crippen LogP contribution in [0.15, 0.2) is 53.6 Å². The van der Waals surface area contributed by atoms with Crippen molar-refractivity contribution < 1.29 is 27.9 Å². The molecule has 190 valence electrons. The molecule has 34 heavy (non-hydrogen) atoms. The van der Waals surface area contributed by atoms with E-state index in [4.69, 9.17) is 9.47 Å². The summed E-state index contributed by atoms with van der Waals surface area (Å²) in [7, 11) is -2.62. The fraction of sp³-hybridized carbons (Fsp3) is 0.429. The van der Waals surface area contributed by atoms with Crippen molar-refractivity contribution in [3.63, 3.8) is 0 Å². The van der Waals surface area contributed by atoms with Gasteiger partial charge in [-0.1, -0.05) is 6.07 Å². The fourth-order valence-corrected chi connectivity index (χ4v) is 5.10. The predicted molar refractivity (Wildman–Crippen MR) is 130 cm³/mol. The topological polar surface area (TPSA) is 121 Å². The molecule has 1 aromatic carbocycles. The maximum Gasteiger partial charge on any atom is 0.261 e. The summed E-state index contributed by atoms with van der Waals surface area (Å²) in [4.78, 5) is 19.0. The standard InChI is InChI=1S/C21H28N4O6S.2ClH/c1-30-18-5-7-19(8-6-18)32(28,29)25(16-17-4-2-3-10-22-17)20(21(26)23-27)9-11-24-12-14-31-15-13-24;;/h2-8,10,20,27H,9,11-16H2,1H3,(H,23,26);2*1H. The molecule has 1 aliphatic rings. The van der Waals surface area contributed by atoms with E-state index >= 15 is 0 Å². The van der Waals surface area contributed by atoms with Gasteiger partial charge in [0.2, 0.25) is 10.0 Å². The van der Waals surface area contributed by atoms with Crippen LogP contribution in [0, 0.1) is 0 Å². The van der Waals surface area contributed by atoms with Gasteiger partial charge in [-0.05, 0) is 42.8 Å². The Labute approximate surface area is 212 Å². The molecule has 0 saturated carbocycles. The molecular weight excluding hydrogens is 507 g/mol. The van der Waals surface area contributed by atoms with E-state index in [1.807, 2.05) is 0 Å². The lowest BCUT2D eigenvalue weighted by atomic mass is 10.1. The molecule has 0 bridgehead atoms. The van der Waals surface area contributed by atoms with Crippen molar-refractivity contribution in [2.24, 2.45) is 0 Å². The number of nitrogens with one attached hydrogen (secondary N) is 1.